The number of carbonyl (C=O) groups is 1. The summed E-state index contributed by atoms with van der Waals surface area (Å²) in [6, 6.07) is 3.52. The van der Waals surface area contributed by atoms with Crippen LogP contribution in [-0.4, -0.2) is 19.1 Å². The van der Waals surface area contributed by atoms with Crippen LogP contribution >= 0.6 is 0 Å². The fraction of sp³-hybridized carbons (Fsp3) is 0.400. The second-order valence-corrected chi connectivity index (χ2v) is 4.71. The summed E-state index contributed by atoms with van der Waals surface area (Å²) < 4.78 is 43.1. The van der Waals surface area contributed by atoms with Crippen molar-refractivity contribution in [1.29, 1.82) is 0 Å². The van der Waals surface area contributed by atoms with Gasteiger partial charge in [0.2, 0.25) is 0 Å². The van der Waals surface area contributed by atoms with Crippen molar-refractivity contribution in [2.45, 2.75) is 25.9 Å². The summed E-state index contributed by atoms with van der Waals surface area (Å²) in [5.74, 6) is -0.472. The lowest BCUT2D eigenvalue weighted by Crippen LogP contribution is -2.07. The topological polar surface area (TPSA) is 38.3 Å². The van der Waals surface area contributed by atoms with Gasteiger partial charge in [-0.25, -0.2) is 4.79 Å². The Bertz CT molecular complexity index is 565. The molecule has 21 heavy (non-hydrogen) atoms. The Labute approximate surface area is 120 Å². The molecule has 0 saturated carbocycles. The molecule has 2 rings (SSSR count). The first kappa shape index (κ1) is 15.4. The molecule has 1 N–H and O–H groups in total. The van der Waals surface area contributed by atoms with Crippen LogP contribution in [0.15, 0.2) is 24.3 Å². The Morgan fingerprint density at radius 2 is 2.19 bits per heavy atom. The number of alkyl halides is 3. The molecule has 0 unspecified atom stereocenters. The Morgan fingerprint density at radius 1 is 1.43 bits per heavy atom. The van der Waals surface area contributed by atoms with Gasteiger partial charge in [0, 0.05) is 23.9 Å². The maximum atomic E-state index is 12.8. The number of esters is 1. The largest absolute Gasteiger partial charge is 0.463 e. The zero-order valence-corrected chi connectivity index (χ0v) is 11.6. The third kappa shape index (κ3) is 3.77. The van der Waals surface area contributed by atoms with Crippen molar-refractivity contribution in [2.75, 3.05) is 18.5 Å². The molecule has 0 atom stereocenters. The Balaban J connectivity index is 2.40. The molecule has 1 aromatic rings. The molecule has 1 aliphatic heterocycles. The fourth-order valence-corrected chi connectivity index (χ4v) is 2.26. The lowest BCUT2D eigenvalue weighted by Gasteiger charge is -2.13. The minimum absolute atomic E-state index is 0.265. The zero-order chi connectivity index (χ0) is 15.5. The number of hydrogen-bond acceptors (Lipinski definition) is 3. The van der Waals surface area contributed by atoms with E-state index in [0.29, 0.717) is 29.8 Å². The Kier molecular flexibility index (Phi) is 4.55. The van der Waals surface area contributed by atoms with Gasteiger partial charge < -0.3 is 10.1 Å². The normalized spacial score (nSPS) is 16.9. The number of carbonyl (C=O) groups excluding carboxylic acids is 1. The molecule has 114 valence electrons. The number of nitrogens with one attached hydrogen (secondary N) is 1. The minimum Gasteiger partial charge on any atom is -0.463 e. The summed E-state index contributed by atoms with van der Waals surface area (Å²) in [6.45, 7) is 2.53. The van der Waals surface area contributed by atoms with E-state index >= 15 is 0 Å². The van der Waals surface area contributed by atoms with E-state index in [0.717, 1.165) is 18.6 Å². The van der Waals surface area contributed by atoms with E-state index in [4.69, 9.17) is 4.74 Å². The van der Waals surface area contributed by atoms with E-state index in [1.54, 1.807) is 6.92 Å². The number of allylic oxidation sites excluding steroid dienone is 1. The smallest absolute Gasteiger partial charge is 0.416 e. The van der Waals surface area contributed by atoms with E-state index in [1.165, 1.54) is 12.1 Å². The molecule has 1 heterocycles. The van der Waals surface area contributed by atoms with Crippen molar-refractivity contribution in [3.05, 3.63) is 35.4 Å². The van der Waals surface area contributed by atoms with Crippen LogP contribution in [0.25, 0.3) is 5.57 Å². The first-order valence-electron chi connectivity index (χ1n) is 6.74. The first-order valence-corrected chi connectivity index (χ1v) is 6.74. The number of ether oxygens (including phenoxy) is 1. The minimum atomic E-state index is -4.38. The number of hydrogen-bond donors (Lipinski definition) is 1. The molecule has 0 spiro atoms. The second-order valence-electron chi connectivity index (χ2n) is 4.71. The van der Waals surface area contributed by atoms with Gasteiger partial charge in [-0.15, -0.1) is 0 Å². The molecule has 3 nitrogen and oxygen atoms in total. The summed E-state index contributed by atoms with van der Waals surface area (Å²) in [5, 5.41) is 2.98. The van der Waals surface area contributed by atoms with Crippen LogP contribution in [0.4, 0.5) is 18.9 Å². The quantitative estimate of drug-likeness (QED) is 0.665. The fourth-order valence-electron chi connectivity index (χ4n) is 2.26. The summed E-state index contributed by atoms with van der Waals surface area (Å²) in [6.07, 6.45) is -1.66. The highest BCUT2D eigenvalue weighted by Crippen LogP contribution is 2.36. The van der Waals surface area contributed by atoms with Gasteiger partial charge in [-0.2, -0.15) is 13.2 Å². The number of halogens is 3. The molecule has 6 heteroatoms. The summed E-state index contributed by atoms with van der Waals surface area (Å²) >= 11 is 0. The van der Waals surface area contributed by atoms with Crippen LogP contribution in [0.1, 0.15) is 30.9 Å². The number of rotatable bonds is 2. The van der Waals surface area contributed by atoms with Gasteiger partial charge >= 0.3 is 12.1 Å². The number of benzene rings is 1. The highest BCUT2D eigenvalue weighted by atomic mass is 19.4. The Morgan fingerprint density at radius 3 is 2.86 bits per heavy atom. The van der Waals surface area contributed by atoms with Crippen LogP contribution in [0, 0.1) is 0 Å². The van der Waals surface area contributed by atoms with E-state index in [2.05, 4.69) is 5.32 Å². The molecule has 0 aromatic heterocycles. The number of anilines is 1. The van der Waals surface area contributed by atoms with Crippen LogP contribution in [0.2, 0.25) is 0 Å². The van der Waals surface area contributed by atoms with Gasteiger partial charge in [0.15, 0.2) is 0 Å². The van der Waals surface area contributed by atoms with Crippen molar-refractivity contribution < 1.29 is 22.7 Å². The van der Waals surface area contributed by atoms with E-state index < -0.39 is 17.7 Å². The maximum Gasteiger partial charge on any atom is 0.416 e. The van der Waals surface area contributed by atoms with E-state index in [1.807, 2.05) is 0 Å². The van der Waals surface area contributed by atoms with Crippen molar-refractivity contribution >= 4 is 17.2 Å². The predicted octanol–water partition coefficient (Wildman–Crippen LogP) is 3.86. The van der Waals surface area contributed by atoms with E-state index in [-0.39, 0.29) is 6.61 Å². The average Bonchev–Trinajstić information content (AvgIpc) is 2.60. The lowest BCUT2D eigenvalue weighted by molar-refractivity contribution is -0.138. The molecule has 1 aromatic carbocycles. The molecule has 0 bridgehead atoms. The number of fused-ring (bicyclic) bond motifs is 1. The van der Waals surface area contributed by atoms with Crippen LogP contribution in [-0.2, 0) is 15.7 Å². The second kappa shape index (κ2) is 6.20. The molecule has 0 fully saturated rings. The van der Waals surface area contributed by atoms with Crippen molar-refractivity contribution in [1.82, 2.24) is 0 Å². The van der Waals surface area contributed by atoms with Gasteiger partial charge in [0.05, 0.1) is 12.2 Å². The highest BCUT2D eigenvalue weighted by molar-refractivity contribution is 5.93. The molecule has 0 radical (unpaired) electrons. The van der Waals surface area contributed by atoms with Gasteiger partial charge in [-0.05, 0) is 37.5 Å². The predicted molar refractivity (Wildman–Crippen MR) is 73.8 cm³/mol. The average molecular weight is 299 g/mol. The summed E-state index contributed by atoms with van der Waals surface area (Å²) in [7, 11) is 0. The molecular formula is C15H16F3NO2. The third-order valence-electron chi connectivity index (χ3n) is 3.21. The standard InChI is InChI=1S/C15H16F3NO2/c1-2-21-14(20)8-10-4-3-7-19-13-9-11(15(16,17)18)5-6-12(10)13/h5-6,8-9,19H,2-4,7H2,1H3. The summed E-state index contributed by atoms with van der Waals surface area (Å²) in [5.41, 5.74) is 1.01. The molecule has 1 aliphatic rings. The first-order chi connectivity index (χ1) is 9.91. The van der Waals surface area contributed by atoms with Crippen molar-refractivity contribution in [2.24, 2.45) is 0 Å². The van der Waals surface area contributed by atoms with Crippen LogP contribution in [0.5, 0.6) is 0 Å². The summed E-state index contributed by atoms with van der Waals surface area (Å²) in [4.78, 5) is 11.6. The monoisotopic (exact) mass is 299 g/mol. The van der Waals surface area contributed by atoms with Crippen molar-refractivity contribution in [3.8, 4) is 0 Å². The van der Waals surface area contributed by atoms with Gasteiger partial charge in [0.1, 0.15) is 0 Å². The van der Waals surface area contributed by atoms with Gasteiger partial charge in [0.25, 0.3) is 0 Å². The lowest BCUT2D eigenvalue weighted by atomic mass is 9.99. The van der Waals surface area contributed by atoms with Crippen molar-refractivity contribution in [3.63, 3.8) is 0 Å². The molecular weight excluding hydrogens is 283 g/mol. The van der Waals surface area contributed by atoms with Crippen LogP contribution in [0.3, 0.4) is 0 Å². The highest BCUT2D eigenvalue weighted by Gasteiger charge is 2.31. The SMILES string of the molecule is CCOC(=O)C=C1CCCNc2cc(C(F)(F)F)ccc21. The maximum absolute atomic E-state index is 12.8. The van der Waals surface area contributed by atoms with Gasteiger partial charge in [-0.1, -0.05) is 6.07 Å². The Hall–Kier alpha value is -1.98. The molecule has 0 saturated heterocycles. The van der Waals surface area contributed by atoms with Gasteiger partial charge in [-0.3, -0.25) is 0 Å². The zero-order valence-electron chi connectivity index (χ0n) is 11.6. The third-order valence-corrected chi connectivity index (χ3v) is 3.21. The molecule has 0 aliphatic carbocycles. The van der Waals surface area contributed by atoms with Crippen LogP contribution < -0.4 is 5.32 Å². The molecule has 0 amide bonds. The van der Waals surface area contributed by atoms with E-state index in [9.17, 15) is 18.0 Å².